The summed E-state index contributed by atoms with van der Waals surface area (Å²) in [6, 6.07) is 0. The zero-order valence-electron chi connectivity index (χ0n) is 44.1. The van der Waals surface area contributed by atoms with E-state index in [2.05, 4.69) is 26.8 Å². The number of methoxy groups -OCH3 is 1. The van der Waals surface area contributed by atoms with E-state index in [1.807, 2.05) is 6.92 Å². The molecule has 9 rings (SSSR count). The lowest BCUT2D eigenvalue weighted by molar-refractivity contribution is -0.388. The Morgan fingerprint density at radius 2 is 1.22 bits per heavy atom. The summed E-state index contributed by atoms with van der Waals surface area (Å²) >= 11 is 0. The lowest BCUT2D eigenvalue weighted by Gasteiger charge is -2.60. The van der Waals surface area contributed by atoms with Crippen LogP contribution in [0.4, 0.5) is 0 Å². The molecule has 32 atom stereocenters. The van der Waals surface area contributed by atoms with Crippen LogP contribution in [0.15, 0.2) is 11.6 Å². The molecule has 5 saturated heterocycles. The maximum atomic E-state index is 11.7. The minimum atomic E-state index is -1.89. The lowest BCUT2D eigenvalue weighted by Crippen LogP contribution is -2.66. The van der Waals surface area contributed by atoms with Crippen molar-refractivity contribution in [3.8, 4) is 0 Å². The van der Waals surface area contributed by atoms with Crippen LogP contribution in [0.25, 0.3) is 0 Å². The van der Waals surface area contributed by atoms with Crippen molar-refractivity contribution in [2.45, 2.75) is 233 Å². The van der Waals surface area contributed by atoms with Crippen molar-refractivity contribution in [1.82, 2.24) is 0 Å². The van der Waals surface area contributed by atoms with E-state index in [-0.39, 0.29) is 60.1 Å². The van der Waals surface area contributed by atoms with Crippen LogP contribution >= 0.6 is 0 Å². The Bertz CT molecular complexity index is 1970. The fourth-order valence-corrected chi connectivity index (χ4v) is 15.4. The highest BCUT2D eigenvalue weighted by Gasteiger charge is 2.69. The van der Waals surface area contributed by atoms with Crippen molar-refractivity contribution in [2.75, 3.05) is 33.5 Å². The van der Waals surface area contributed by atoms with Gasteiger partial charge in [0.15, 0.2) is 30.9 Å². The molecule has 0 amide bonds. The average Bonchev–Trinajstić information content (AvgIpc) is 3.93. The number of hydrogen-bond acceptors (Lipinski definition) is 24. The van der Waals surface area contributed by atoms with Crippen LogP contribution in [0.2, 0.25) is 0 Å². The second kappa shape index (κ2) is 23.2. The Hall–Kier alpha value is -1.22. The van der Waals surface area contributed by atoms with Crippen molar-refractivity contribution < 1.29 is 119 Å². The maximum absolute atomic E-state index is 11.7. The predicted molar refractivity (Wildman–Crippen MR) is 256 cm³/mol. The van der Waals surface area contributed by atoms with Gasteiger partial charge < -0.3 is 119 Å². The van der Waals surface area contributed by atoms with Gasteiger partial charge in [0.2, 0.25) is 0 Å². The molecule has 76 heavy (non-hydrogen) atoms. The van der Waals surface area contributed by atoms with Gasteiger partial charge in [0, 0.05) is 31.3 Å². The molecule has 9 aliphatic rings. The standard InChI is InChI=1S/C52H86O24/c1-20(19-68-46-41(64)38(61)35(58)29(16-53)70-46)9-12-52(67-6)21(2)33-28(76-52)15-27-25-8-7-23-13-24(56)14-32(51(23,5)26(25)10-11-50(27,33)4)73-49-45(40(63)37(60)31(18-55)72-49)75-48-43(66)44(34(57)22(3)69-48)74-47-42(65)39(62)36(59)30(17-54)71-47/h7,20-22,24-49,53-66H,8-19H2,1-6H3/t20-,21+,22+,24-,25+,26+,27-,28+,29-,30-,31-,32-,33+,34+,35-,36-,37+,38+,39+,40+,41-,42-,43-,44-,45-,46-,47+,48+,49+,50+,51+,52-/m1/s1. The Kier molecular flexibility index (Phi) is 18.1. The summed E-state index contributed by atoms with van der Waals surface area (Å²) in [6.07, 6.45) is -25.6. The van der Waals surface area contributed by atoms with Gasteiger partial charge in [0.1, 0.15) is 91.6 Å². The molecule has 0 aromatic heterocycles. The highest BCUT2D eigenvalue weighted by atomic mass is 16.8. The lowest BCUT2D eigenvalue weighted by atomic mass is 9.46. The van der Waals surface area contributed by atoms with E-state index in [9.17, 15) is 71.5 Å². The molecule has 0 aromatic rings. The van der Waals surface area contributed by atoms with Crippen LogP contribution in [0.1, 0.15) is 86.0 Å². The first-order valence-corrected chi connectivity index (χ1v) is 27.4. The van der Waals surface area contributed by atoms with Gasteiger partial charge in [0.05, 0.1) is 50.8 Å². The molecule has 5 aliphatic heterocycles. The van der Waals surface area contributed by atoms with Gasteiger partial charge in [0.25, 0.3) is 0 Å². The third kappa shape index (κ3) is 10.3. The molecule has 14 N–H and O–H groups in total. The number of hydrogen-bond donors (Lipinski definition) is 14. The van der Waals surface area contributed by atoms with Crippen LogP contribution in [0.5, 0.6) is 0 Å². The van der Waals surface area contributed by atoms with Gasteiger partial charge >= 0.3 is 0 Å². The zero-order valence-corrected chi connectivity index (χ0v) is 44.1. The Morgan fingerprint density at radius 3 is 1.86 bits per heavy atom. The summed E-state index contributed by atoms with van der Waals surface area (Å²) in [4.78, 5) is 0. The van der Waals surface area contributed by atoms with Gasteiger partial charge in [-0.15, -0.1) is 0 Å². The summed E-state index contributed by atoms with van der Waals surface area (Å²) in [5, 5.41) is 149. The fourth-order valence-electron chi connectivity index (χ4n) is 15.4. The second-order valence-electron chi connectivity index (χ2n) is 24.1. The van der Waals surface area contributed by atoms with Crippen molar-refractivity contribution in [3.63, 3.8) is 0 Å². The highest BCUT2D eigenvalue weighted by molar-refractivity contribution is 5.29. The third-order valence-corrected chi connectivity index (χ3v) is 19.9. The first-order valence-electron chi connectivity index (χ1n) is 27.4. The van der Waals surface area contributed by atoms with E-state index >= 15 is 0 Å². The van der Waals surface area contributed by atoms with E-state index in [4.69, 9.17) is 47.4 Å². The van der Waals surface area contributed by atoms with Crippen LogP contribution in [0.3, 0.4) is 0 Å². The van der Waals surface area contributed by atoms with E-state index in [0.717, 1.165) is 31.3 Å². The molecule has 438 valence electrons. The molecule has 24 heteroatoms. The minimum Gasteiger partial charge on any atom is -0.394 e. The fraction of sp³-hybridized carbons (Fsp3) is 0.962. The van der Waals surface area contributed by atoms with Crippen molar-refractivity contribution in [2.24, 2.45) is 46.3 Å². The molecule has 0 unspecified atom stereocenters. The Balaban J connectivity index is 0.892. The summed E-state index contributed by atoms with van der Waals surface area (Å²) in [5.41, 5.74) is 0.220. The number of aliphatic hydroxyl groups excluding tert-OH is 14. The normalized spacial score (nSPS) is 54.8. The topological polar surface area (TPSA) is 376 Å². The zero-order chi connectivity index (χ0) is 55.1. The summed E-state index contributed by atoms with van der Waals surface area (Å²) in [5.74, 6) is -0.263. The number of ether oxygens (including phenoxy) is 10. The maximum Gasteiger partial charge on any atom is 0.187 e. The molecule has 0 bridgehead atoms. The van der Waals surface area contributed by atoms with Crippen molar-refractivity contribution in [3.05, 3.63) is 11.6 Å². The second-order valence-corrected chi connectivity index (χ2v) is 24.1. The largest absolute Gasteiger partial charge is 0.394 e. The molecule has 3 saturated carbocycles. The summed E-state index contributed by atoms with van der Waals surface area (Å²) < 4.78 is 61.4. The summed E-state index contributed by atoms with van der Waals surface area (Å²) in [6.45, 7) is 8.32. The molecule has 5 heterocycles. The first kappa shape index (κ1) is 59.4. The number of aliphatic hydroxyl groups is 14. The van der Waals surface area contributed by atoms with E-state index in [1.165, 1.54) is 6.92 Å². The minimum absolute atomic E-state index is 0.00733. The van der Waals surface area contributed by atoms with Crippen molar-refractivity contribution in [1.29, 1.82) is 0 Å². The molecule has 0 aromatic carbocycles. The number of allylic oxidation sites excluding steroid dienone is 1. The van der Waals surface area contributed by atoms with Crippen LogP contribution in [-0.2, 0) is 47.4 Å². The van der Waals surface area contributed by atoms with Crippen molar-refractivity contribution >= 4 is 0 Å². The van der Waals surface area contributed by atoms with Gasteiger partial charge in [-0.1, -0.05) is 39.3 Å². The van der Waals surface area contributed by atoms with Gasteiger partial charge in [-0.25, -0.2) is 0 Å². The number of rotatable bonds is 16. The number of fused-ring (bicyclic) bond motifs is 7. The van der Waals surface area contributed by atoms with E-state index in [0.29, 0.717) is 19.3 Å². The quantitative estimate of drug-likeness (QED) is 0.0671. The highest BCUT2D eigenvalue weighted by Crippen LogP contribution is 2.70. The smallest absolute Gasteiger partial charge is 0.187 e. The molecule has 8 fully saturated rings. The monoisotopic (exact) mass is 1090 g/mol. The molecule has 24 nitrogen and oxygen atoms in total. The van der Waals surface area contributed by atoms with Crippen LogP contribution < -0.4 is 0 Å². The Labute approximate surface area is 442 Å². The molecular formula is C52H86O24. The summed E-state index contributed by atoms with van der Waals surface area (Å²) in [7, 11) is 1.68. The third-order valence-electron chi connectivity index (χ3n) is 19.9. The average molecular weight is 1100 g/mol. The molecular weight excluding hydrogens is 1010 g/mol. The van der Waals surface area contributed by atoms with Gasteiger partial charge in [-0.2, -0.15) is 0 Å². The van der Waals surface area contributed by atoms with E-state index < -0.39 is 166 Å². The first-order chi connectivity index (χ1) is 36.0. The molecule has 0 spiro atoms. The molecule has 0 radical (unpaired) electrons. The van der Waals surface area contributed by atoms with Crippen LogP contribution in [0, 0.1) is 46.3 Å². The van der Waals surface area contributed by atoms with E-state index in [1.54, 1.807) is 7.11 Å². The van der Waals surface area contributed by atoms with Gasteiger partial charge in [-0.05, 0) is 80.5 Å². The molecule has 4 aliphatic carbocycles. The predicted octanol–water partition coefficient (Wildman–Crippen LogP) is -3.38. The SMILES string of the molecule is CO[C@]1(CC[C@@H](C)CO[C@@H]2O[C@H](CO)[C@@H](O)[C@H](O)[C@H]2O)O[C@H]2C[C@@H]3[C@H]4CC=C5C[C@@H](O)C[C@@H](O[C@@H]6O[C@H](CO)[C@H](O)[C@H](O)[C@H]6O[C@@H]6O[C@@H](C)[C@H](O)[C@@H](O[C@@H]7O[C@H](CO)[C@@H](O)[C@H](O)[C@H]7O)[C@H]6O)[C@]5(C)[C@H]4CC[C@]3(C)[C@H]2[C@@H]1C. The van der Waals surface area contributed by atoms with Crippen LogP contribution in [-0.4, -0.2) is 252 Å². The Morgan fingerprint density at radius 1 is 0.645 bits per heavy atom. The van der Waals surface area contributed by atoms with Gasteiger partial charge in [-0.3, -0.25) is 0 Å².